The predicted octanol–water partition coefficient (Wildman–Crippen LogP) is 3.48. The number of carbonyl (C=O) groups is 2. The molecule has 4 rings (SSSR count). The molecule has 0 saturated carbocycles. The van der Waals surface area contributed by atoms with Gasteiger partial charge in [-0.3, -0.25) is 9.59 Å². The molecule has 27 heavy (non-hydrogen) atoms. The van der Waals surface area contributed by atoms with E-state index < -0.39 is 0 Å². The third-order valence-corrected chi connectivity index (χ3v) is 5.64. The first kappa shape index (κ1) is 17.7. The second-order valence-electron chi connectivity index (χ2n) is 7.45. The number of fused-ring (bicyclic) bond motifs is 1. The van der Waals surface area contributed by atoms with Gasteiger partial charge in [0.2, 0.25) is 5.91 Å². The molecule has 0 aliphatic carbocycles. The van der Waals surface area contributed by atoms with Crippen molar-refractivity contribution in [3.8, 4) is 0 Å². The molecule has 2 aliphatic heterocycles. The van der Waals surface area contributed by atoms with Crippen molar-refractivity contribution < 1.29 is 14.0 Å². The lowest BCUT2D eigenvalue weighted by molar-refractivity contribution is -0.133. The van der Waals surface area contributed by atoms with E-state index in [0.717, 1.165) is 18.4 Å². The van der Waals surface area contributed by atoms with Crippen LogP contribution in [0, 0.1) is 11.7 Å². The van der Waals surface area contributed by atoms with Crippen molar-refractivity contribution in [2.24, 2.45) is 5.92 Å². The van der Waals surface area contributed by atoms with Crippen LogP contribution in [0.1, 0.15) is 35.2 Å². The molecule has 2 saturated heterocycles. The molecule has 2 atom stereocenters. The fraction of sp³-hybridized carbons (Fsp3) is 0.364. The van der Waals surface area contributed by atoms with E-state index in [1.807, 2.05) is 46.2 Å². The van der Waals surface area contributed by atoms with Gasteiger partial charge in [-0.1, -0.05) is 30.3 Å². The van der Waals surface area contributed by atoms with E-state index in [1.54, 1.807) is 6.07 Å². The van der Waals surface area contributed by atoms with Crippen LogP contribution in [-0.2, 0) is 11.3 Å². The summed E-state index contributed by atoms with van der Waals surface area (Å²) in [6.45, 7) is 1.61. The summed E-state index contributed by atoms with van der Waals surface area (Å²) in [5.41, 5.74) is 1.47. The molecule has 4 nitrogen and oxygen atoms in total. The second-order valence-corrected chi connectivity index (χ2v) is 7.45. The molecule has 2 aliphatic rings. The number of hydrogen-bond acceptors (Lipinski definition) is 2. The van der Waals surface area contributed by atoms with Gasteiger partial charge in [0.15, 0.2) is 0 Å². The van der Waals surface area contributed by atoms with E-state index in [-0.39, 0.29) is 29.6 Å². The van der Waals surface area contributed by atoms with Gasteiger partial charge >= 0.3 is 0 Å². The van der Waals surface area contributed by atoms with Gasteiger partial charge in [0, 0.05) is 31.6 Å². The Morgan fingerprint density at radius 2 is 1.89 bits per heavy atom. The molecule has 0 aromatic heterocycles. The Bertz CT molecular complexity index is 839. The predicted molar refractivity (Wildman–Crippen MR) is 100 cm³/mol. The Kier molecular flexibility index (Phi) is 4.92. The standard InChI is InChI=1S/C22H23FN2O2/c23-19-10-4-6-16(12-19)13-25-20-15-24(14-18(20)9-5-11-21(25)26)22(27)17-7-2-1-3-8-17/h1-4,6-8,10,12,18,20H,5,9,11,13-15H2/t18-,20+/m1/s1. The van der Waals surface area contributed by atoms with E-state index in [1.165, 1.54) is 12.1 Å². The topological polar surface area (TPSA) is 40.6 Å². The molecule has 0 spiro atoms. The number of hydrogen-bond donors (Lipinski definition) is 0. The average molecular weight is 366 g/mol. The first-order chi connectivity index (χ1) is 13.1. The minimum Gasteiger partial charge on any atom is -0.336 e. The molecule has 5 heteroatoms. The summed E-state index contributed by atoms with van der Waals surface area (Å²) in [5.74, 6) is 0.0962. The molecular formula is C22H23FN2O2. The zero-order valence-corrected chi connectivity index (χ0v) is 15.2. The van der Waals surface area contributed by atoms with Crippen molar-refractivity contribution in [3.63, 3.8) is 0 Å². The Morgan fingerprint density at radius 3 is 2.67 bits per heavy atom. The number of likely N-dealkylation sites (tertiary alicyclic amines) is 2. The Balaban J connectivity index is 1.55. The van der Waals surface area contributed by atoms with Crippen LogP contribution in [0.4, 0.5) is 4.39 Å². The van der Waals surface area contributed by atoms with Crippen LogP contribution in [0.2, 0.25) is 0 Å². The molecule has 2 fully saturated rings. The van der Waals surface area contributed by atoms with Gasteiger partial charge in [-0.2, -0.15) is 0 Å². The Morgan fingerprint density at radius 1 is 1.07 bits per heavy atom. The van der Waals surface area contributed by atoms with Crippen LogP contribution in [0.25, 0.3) is 0 Å². The summed E-state index contributed by atoms with van der Waals surface area (Å²) < 4.78 is 13.6. The lowest BCUT2D eigenvalue weighted by Crippen LogP contribution is -2.43. The normalized spacial score (nSPS) is 22.5. The highest BCUT2D eigenvalue weighted by molar-refractivity contribution is 5.94. The third kappa shape index (κ3) is 3.72. The number of nitrogens with zero attached hydrogens (tertiary/aromatic N) is 2. The maximum absolute atomic E-state index is 13.6. The number of amides is 2. The number of halogens is 1. The van der Waals surface area contributed by atoms with Gasteiger partial charge in [0.05, 0.1) is 6.04 Å². The van der Waals surface area contributed by atoms with Crippen molar-refractivity contribution >= 4 is 11.8 Å². The third-order valence-electron chi connectivity index (χ3n) is 5.64. The summed E-state index contributed by atoms with van der Waals surface area (Å²) in [4.78, 5) is 29.3. The molecule has 2 aromatic rings. The summed E-state index contributed by atoms with van der Waals surface area (Å²) >= 11 is 0. The van der Waals surface area contributed by atoms with Crippen molar-refractivity contribution in [1.82, 2.24) is 9.80 Å². The van der Waals surface area contributed by atoms with E-state index in [4.69, 9.17) is 0 Å². The van der Waals surface area contributed by atoms with Crippen LogP contribution in [0.15, 0.2) is 54.6 Å². The molecule has 0 unspecified atom stereocenters. The van der Waals surface area contributed by atoms with Crippen LogP contribution < -0.4 is 0 Å². The molecule has 2 amide bonds. The van der Waals surface area contributed by atoms with Crippen LogP contribution in [0.3, 0.4) is 0 Å². The molecule has 2 heterocycles. The van der Waals surface area contributed by atoms with Gasteiger partial charge in [0.25, 0.3) is 5.91 Å². The second kappa shape index (κ2) is 7.51. The largest absolute Gasteiger partial charge is 0.336 e. The molecule has 2 aromatic carbocycles. The van der Waals surface area contributed by atoms with E-state index in [9.17, 15) is 14.0 Å². The fourth-order valence-electron chi connectivity index (χ4n) is 4.30. The lowest BCUT2D eigenvalue weighted by Gasteiger charge is -2.30. The first-order valence-corrected chi connectivity index (χ1v) is 9.50. The summed E-state index contributed by atoms with van der Waals surface area (Å²) in [5, 5.41) is 0. The van der Waals surface area contributed by atoms with Crippen molar-refractivity contribution in [3.05, 3.63) is 71.5 Å². The Hall–Kier alpha value is -2.69. The fourth-order valence-corrected chi connectivity index (χ4v) is 4.30. The number of carbonyl (C=O) groups excluding carboxylic acids is 2. The van der Waals surface area contributed by atoms with Crippen molar-refractivity contribution in [2.45, 2.75) is 31.8 Å². The number of rotatable bonds is 3. The van der Waals surface area contributed by atoms with Crippen LogP contribution in [0.5, 0.6) is 0 Å². The van der Waals surface area contributed by atoms with Gasteiger partial charge in [-0.05, 0) is 48.6 Å². The SMILES string of the molecule is O=C(c1ccccc1)N1C[C@H]2CCCC(=O)N(Cc3cccc(F)c3)[C@H]2C1. The zero-order valence-electron chi connectivity index (χ0n) is 15.2. The van der Waals surface area contributed by atoms with Gasteiger partial charge in [0.1, 0.15) is 5.82 Å². The zero-order chi connectivity index (χ0) is 18.8. The first-order valence-electron chi connectivity index (χ1n) is 9.50. The maximum atomic E-state index is 13.6. The van der Waals surface area contributed by atoms with E-state index in [2.05, 4.69) is 0 Å². The smallest absolute Gasteiger partial charge is 0.253 e. The van der Waals surface area contributed by atoms with Crippen LogP contribution >= 0.6 is 0 Å². The highest BCUT2D eigenvalue weighted by atomic mass is 19.1. The van der Waals surface area contributed by atoms with Gasteiger partial charge < -0.3 is 9.80 Å². The highest BCUT2D eigenvalue weighted by Gasteiger charge is 2.41. The maximum Gasteiger partial charge on any atom is 0.253 e. The lowest BCUT2D eigenvalue weighted by atomic mass is 9.98. The molecule has 0 radical (unpaired) electrons. The highest BCUT2D eigenvalue weighted by Crippen LogP contribution is 2.32. The van der Waals surface area contributed by atoms with Crippen LogP contribution in [-0.4, -0.2) is 40.7 Å². The number of benzene rings is 2. The van der Waals surface area contributed by atoms with E-state index in [0.29, 0.717) is 31.6 Å². The quantitative estimate of drug-likeness (QED) is 0.834. The minimum absolute atomic E-state index is 0.00377. The molecule has 0 bridgehead atoms. The Labute approximate surface area is 158 Å². The summed E-state index contributed by atoms with van der Waals surface area (Å²) in [6.07, 6.45) is 2.30. The van der Waals surface area contributed by atoms with Gasteiger partial charge in [-0.25, -0.2) is 4.39 Å². The van der Waals surface area contributed by atoms with Gasteiger partial charge in [-0.15, -0.1) is 0 Å². The molecular weight excluding hydrogens is 343 g/mol. The minimum atomic E-state index is -0.293. The van der Waals surface area contributed by atoms with Crippen molar-refractivity contribution in [2.75, 3.05) is 13.1 Å². The van der Waals surface area contributed by atoms with Crippen molar-refractivity contribution in [1.29, 1.82) is 0 Å². The summed E-state index contributed by atoms with van der Waals surface area (Å²) in [7, 11) is 0. The monoisotopic (exact) mass is 366 g/mol. The molecule has 0 N–H and O–H groups in total. The van der Waals surface area contributed by atoms with E-state index >= 15 is 0 Å². The average Bonchev–Trinajstić information content (AvgIpc) is 3.04. The summed E-state index contributed by atoms with van der Waals surface area (Å²) in [6, 6.07) is 15.7. The molecule has 140 valence electrons.